The molecule has 1 fully saturated rings. The number of Topliss-reactive ketones (excluding diaryl/α,β-unsaturated/α-hetero) is 1. The Kier molecular flexibility index (Phi) is 4.89. The maximum absolute atomic E-state index is 14.7. The van der Waals surface area contributed by atoms with Crippen LogP contribution in [0.2, 0.25) is 0 Å². The van der Waals surface area contributed by atoms with Gasteiger partial charge in [0.05, 0.1) is 32.2 Å². The number of ether oxygens (including phenoxy) is 2. The van der Waals surface area contributed by atoms with E-state index < -0.39 is 11.6 Å². The van der Waals surface area contributed by atoms with Crippen LogP contribution in [0.15, 0.2) is 35.9 Å². The van der Waals surface area contributed by atoms with Gasteiger partial charge < -0.3 is 14.4 Å². The third-order valence-electron chi connectivity index (χ3n) is 4.05. The van der Waals surface area contributed by atoms with Gasteiger partial charge in [0.2, 0.25) is 0 Å². The minimum Gasteiger partial charge on any atom is -0.495 e. The summed E-state index contributed by atoms with van der Waals surface area (Å²) in [5, 5.41) is 1.23. The molecule has 0 saturated carbocycles. The normalized spacial score (nSPS) is 17.6. The van der Waals surface area contributed by atoms with Crippen LogP contribution in [-0.2, 0) is 14.3 Å². The lowest BCUT2D eigenvalue weighted by molar-refractivity contribution is -0.114. The lowest BCUT2D eigenvalue weighted by Gasteiger charge is -2.31. The number of hydrazine groups is 1. The van der Waals surface area contributed by atoms with Gasteiger partial charge in [0.25, 0.3) is 0 Å². The van der Waals surface area contributed by atoms with Crippen molar-refractivity contribution in [3.63, 3.8) is 0 Å². The second-order valence-electron chi connectivity index (χ2n) is 5.66. The summed E-state index contributed by atoms with van der Waals surface area (Å²) in [5.74, 6) is -1.85. The number of ketones is 1. The molecule has 0 bridgehead atoms. The van der Waals surface area contributed by atoms with Crippen molar-refractivity contribution in [2.45, 2.75) is 6.92 Å². The Labute approximate surface area is 144 Å². The fourth-order valence-corrected chi connectivity index (χ4v) is 2.69. The monoisotopic (exact) mass is 351 g/mol. The first-order valence-electron chi connectivity index (χ1n) is 7.86. The van der Waals surface area contributed by atoms with Crippen molar-refractivity contribution in [1.82, 2.24) is 5.43 Å². The maximum atomic E-state index is 14.7. The Morgan fingerprint density at radius 3 is 2.48 bits per heavy atom. The first kappa shape index (κ1) is 17.2. The Hall–Kier alpha value is -2.61. The van der Waals surface area contributed by atoms with Gasteiger partial charge in [0.1, 0.15) is 17.1 Å². The van der Waals surface area contributed by atoms with Gasteiger partial charge in [-0.2, -0.15) is 0 Å². The van der Waals surface area contributed by atoms with Crippen LogP contribution in [-0.4, -0.2) is 39.2 Å². The summed E-state index contributed by atoms with van der Waals surface area (Å²) in [6.45, 7) is 3.33. The zero-order chi connectivity index (χ0) is 18.0. The van der Waals surface area contributed by atoms with Crippen molar-refractivity contribution in [2.24, 2.45) is 0 Å². The van der Waals surface area contributed by atoms with E-state index in [-0.39, 0.29) is 22.9 Å². The molecule has 134 valence electrons. The van der Waals surface area contributed by atoms with E-state index in [0.29, 0.717) is 32.1 Å². The highest BCUT2D eigenvalue weighted by Gasteiger charge is 2.24. The molecule has 0 spiro atoms. The molecule has 25 heavy (non-hydrogen) atoms. The predicted molar refractivity (Wildman–Crippen MR) is 88.9 cm³/mol. The average molecular weight is 351 g/mol. The molecule has 0 aromatic heterocycles. The largest absolute Gasteiger partial charge is 0.495 e. The Morgan fingerprint density at radius 1 is 1.20 bits per heavy atom. The molecular weight excluding hydrogens is 332 g/mol. The van der Waals surface area contributed by atoms with Crippen LogP contribution < -0.4 is 15.3 Å². The minimum atomic E-state index is -1.01. The van der Waals surface area contributed by atoms with Crippen molar-refractivity contribution in [1.29, 1.82) is 0 Å². The van der Waals surface area contributed by atoms with Gasteiger partial charge >= 0.3 is 0 Å². The number of methoxy groups -OCH3 is 1. The number of benzene rings is 1. The fraction of sp³-hybridized carbons (Fsp3) is 0.353. The zero-order valence-corrected chi connectivity index (χ0v) is 14.0. The fourth-order valence-electron chi connectivity index (χ4n) is 2.69. The van der Waals surface area contributed by atoms with E-state index in [1.54, 1.807) is 4.90 Å². The summed E-state index contributed by atoms with van der Waals surface area (Å²) in [5.41, 5.74) is 3.12. The van der Waals surface area contributed by atoms with E-state index >= 15 is 0 Å². The van der Waals surface area contributed by atoms with Gasteiger partial charge in [-0.25, -0.2) is 8.78 Å². The molecule has 1 saturated heterocycles. The molecule has 8 heteroatoms. The summed E-state index contributed by atoms with van der Waals surface area (Å²) in [4.78, 5) is 13.4. The van der Waals surface area contributed by atoms with Gasteiger partial charge in [-0.15, -0.1) is 0 Å². The Balaban J connectivity index is 1.93. The molecule has 2 heterocycles. The van der Waals surface area contributed by atoms with Crippen molar-refractivity contribution in [3.8, 4) is 0 Å². The third-order valence-corrected chi connectivity index (χ3v) is 4.05. The highest BCUT2D eigenvalue weighted by molar-refractivity contribution is 5.93. The van der Waals surface area contributed by atoms with Gasteiger partial charge in [-0.1, -0.05) is 0 Å². The molecule has 2 aliphatic rings. The number of allylic oxidation sites excluding steroid dienone is 2. The van der Waals surface area contributed by atoms with E-state index in [0.717, 1.165) is 0 Å². The van der Waals surface area contributed by atoms with E-state index in [1.165, 1.54) is 43.5 Å². The molecule has 6 nitrogen and oxygen atoms in total. The SMILES string of the molecule is COC1=CN(c2ccc(N3CCOCC3)c(F)c2F)NC(C(C)=O)=C1. The first-order valence-corrected chi connectivity index (χ1v) is 7.86. The number of hydrogen-bond acceptors (Lipinski definition) is 6. The van der Waals surface area contributed by atoms with E-state index in [2.05, 4.69) is 5.43 Å². The van der Waals surface area contributed by atoms with Crippen molar-refractivity contribution >= 4 is 17.2 Å². The number of morpholine rings is 1. The number of carbonyl (C=O) groups is 1. The zero-order valence-electron chi connectivity index (χ0n) is 14.0. The van der Waals surface area contributed by atoms with E-state index in [4.69, 9.17) is 9.47 Å². The minimum absolute atomic E-state index is 0.0455. The standard InChI is InChI=1S/C17H19F2N3O3/c1-11(23)13-9-12(24-2)10-22(20-13)15-4-3-14(16(18)17(15)19)21-5-7-25-8-6-21/h3-4,9-10,20H,5-8H2,1-2H3. The van der Waals surface area contributed by atoms with Crippen molar-refractivity contribution in [2.75, 3.05) is 43.3 Å². The number of nitrogens with zero attached hydrogens (tertiary/aromatic N) is 2. The van der Waals surface area contributed by atoms with Crippen LogP contribution >= 0.6 is 0 Å². The molecule has 0 aliphatic carbocycles. The van der Waals surface area contributed by atoms with Gasteiger partial charge in [-0.3, -0.25) is 15.2 Å². The van der Waals surface area contributed by atoms with Crippen LogP contribution in [0.4, 0.5) is 20.2 Å². The second kappa shape index (κ2) is 7.10. The summed E-state index contributed by atoms with van der Waals surface area (Å²) >= 11 is 0. The smallest absolute Gasteiger partial charge is 0.186 e. The van der Waals surface area contributed by atoms with Crippen LogP contribution in [0.25, 0.3) is 0 Å². The topological polar surface area (TPSA) is 54.0 Å². The molecule has 1 aromatic carbocycles. The molecule has 1 aromatic rings. The van der Waals surface area contributed by atoms with Crippen LogP contribution in [0.3, 0.4) is 0 Å². The van der Waals surface area contributed by atoms with Gasteiger partial charge in [0, 0.05) is 26.1 Å². The summed E-state index contributed by atoms with van der Waals surface area (Å²) in [7, 11) is 1.43. The summed E-state index contributed by atoms with van der Waals surface area (Å²) in [6.07, 6.45) is 2.94. The highest BCUT2D eigenvalue weighted by Crippen LogP contribution is 2.30. The first-order chi connectivity index (χ1) is 12.0. The molecule has 0 unspecified atom stereocenters. The molecule has 0 amide bonds. The maximum Gasteiger partial charge on any atom is 0.186 e. The molecule has 2 aliphatic heterocycles. The third kappa shape index (κ3) is 3.43. The average Bonchev–Trinajstić information content (AvgIpc) is 2.64. The predicted octanol–water partition coefficient (Wildman–Crippen LogP) is 2.09. The van der Waals surface area contributed by atoms with Crippen LogP contribution in [0.5, 0.6) is 0 Å². The summed E-state index contributed by atoms with van der Waals surface area (Å²) in [6, 6.07) is 2.98. The lowest BCUT2D eigenvalue weighted by atomic mass is 10.2. The van der Waals surface area contributed by atoms with Gasteiger partial charge in [-0.05, 0) is 12.1 Å². The molecule has 3 rings (SSSR count). The highest BCUT2D eigenvalue weighted by atomic mass is 19.2. The number of carbonyl (C=O) groups excluding carboxylic acids is 1. The molecule has 0 radical (unpaired) electrons. The number of hydrogen-bond donors (Lipinski definition) is 1. The summed E-state index contributed by atoms with van der Waals surface area (Å²) < 4.78 is 39.6. The van der Waals surface area contributed by atoms with Crippen molar-refractivity contribution < 1.29 is 23.0 Å². The van der Waals surface area contributed by atoms with Crippen LogP contribution in [0.1, 0.15) is 6.92 Å². The number of nitrogens with one attached hydrogen (secondary N) is 1. The van der Waals surface area contributed by atoms with Crippen LogP contribution in [0, 0.1) is 11.6 Å². The quantitative estimate of drug-likeness (QED) is 0.897. The Bertz CT molecular complexity index is 743. The second-order valence-corrected chi connectivity index (χ2v) is 5.66. The van der Waals surface area contributed by atoms with Gasteiger partial charge in [0.15, 0.2) is 17.4 Å². The lowest BCUT2D eigenvalue weighted by Crippen LogP contribution is -2.39. The number of anilines is 2. The molecule has 0 atom stereocenters. The molecular formula is C17H19F2N3O3. The number of halogens is 2. The number of rotatable bonds is 4. The van der Waals surface area contributed by atoms with E-state index in [1.807, 2.05) is 0 Å². The van der Waals surface area contributed by atoms with Crippen molar-refractivity contribution in [3.05, 3.63) is 47.5 Å². The van der Waals surface area contributed by atoms with E-state index in [9.17, 15) is 13.6 Å². The Morgan fingerprint density at radius 2 is 1.84 bits per heavy atom. The molecule has 1 N–H and O–H groups in total.